The van der Waals surface area contributed by atoms with Crippen molar-refractivity contribution in [1.82, 2.24) is 9.97 Å². The Labute approximate surface area is 233 Å². The van der Waals surface area contributed by atoms with Gasteiger partial charge in [-0.3, -0.25) is 9.97 Å². The van der Waals surface area contributed by atoms with E-state index in [1.807, 2.05) is 36.7 Å². The second-order valence-corrected chi connectivity index (χ2v) is 9.60. The molecule has 1 aliphatic heterocycles. The zero-order valence-electron chi connectivity index (χ0n) is 21.6. The maximum atomic E-state index is 5.26. The van der Waals surface area contributed by atoms with Gasteiger partial charge in [-0.2, -0.15) is 0 Å². The van der Waals surface area contributed by atoms with E-state index in [0.717, 1.165) is 67.3 Å². The van der Waals surface area contributed by atoms with E-state index in [1.165, 1.54) is 0 Å². The average Bonchev–Trinajstić information content (AvgIpc) is 3.03. The second-order valence-electron chi connectivity index (χ2n) is 9.60. The average molecular weight is 513 g/mol. The smallest absolute Gasteiger partial charge is 0.0819 e. The second kappa shape index (κ2) is 10.4. The number of rotatable bonds is 4. The van der Waals surface area contributed by atoms with E-state index in [9.17, 15) is 0 Å². The lowest BCUT2D eigenvalue weighted by molar-refractivity contribution is 1.26. The number of benzene rings is 4. The Morgan fingerprint density at radius 1 is 0.350 bits per heavy atom. The zero-order valence-corrected chi connectivity index (χ0v) is 21.6. The molecule has 2 aromatic heterocycles. The van der Waals surface area contributed by atoms with Crippen LogP contribution in [0.25, 0.3) is 22.3 Å². The van der Waals surface area contributed by atoms with E-state index in [0.29, 0.717) is 0 Å². The van der Waals surface area contributed by atoms with Crippen LogP contribution < -0.4 is 0 Å². The predicted molar refractivity (Wildman–Crippen MR) is 163 cm³/mol. The third-order valence-corrected chi connectivity index (χ3v) is 7.06. The molecule has 0 aliphatic carbocycles. The number of aromatic nitrogens is 2. The van der Waals surface area contributed by atoms with E-state index < -0.39 is 0 Å². The van der Waals surface area contributed by atoms with Gasteiger partial charge in [0.05, 0.1) is 22.8 Å². The molecule has 0 saturated heterocycles. The van der Waals surface area contributed by atoms with Gasteiger partial charge in [0.2, 0.25) is 0 Å². The molecule has 0 spiro atoms. The Bertz CT molecular complexity index is 1750. The summed E-state index contributed by atoms with van der Waals surface area (Å²) in [6.45, 7) is 0. The van der Waals surface area contributed by atoms with E-state index in [-0.39, 0.29) is 0 Å². The fraction of sp³-hybridized carbons (Fsp3) is 0. The Hall–Kier alpha value is -5.48. The molecule has 4 nitrogen and oxygen atoms in total. The van der Waals surface area contributed by atoms with Crippen LogP contribution in [0.1, 0.15) is 22.3 Å². The van der Waals surface area contributed by atoms with Crippen molar-refractivity contribution in [2.45, 2.75) is 0 Å². The largest absolute Gasteiger partial charge is 0.264 e. The quantitative estimate of drug-likeness (QED) is 0.237. The van der Waals surface area contributed by atoms with Crippen LogP contribution in [0.5, 0.6) is 0 Å². The van der Waals surface area contributed by atoms with Gasteiger partial charge in [-0.1, -0.05) is 97.1 Å². The minimum atomic E-state index is 0.813. The first kappa shape index (κ1) is 23.6. The van der Waals surface area contributed by atoms with Gasteiger partial charge in [-0.25, -0.2) is 9.98 Å². The van der Waals surface area contributed by atoms with Crippen molar-refractivity contribution in [2.24, 2.45) is 9.98 Å². The summed E-state index contributed by atoms with van der Waals surface area (Å²) in [6.07, 6.45) is 7.28. The van der Waals surface area contributed by atoms with Crippen LogP contribution in [0.4, 0.5) is 11.4 Å². The molecule has 0 atom stereocenters. The molecule has 3 heterocycles. The normalized spacial score (nSPS) is 12.3. The maximum absolute atomic E-state index is 5.26. The Balaban J connectivity index is 1.41. The van der Waals surface area contributed by atoms with Crippen molar-refractivity contribution in [3.8, 4) is 22.3 Å². The molecule has 0 fully saturated rings. The minimum absolute atomic E-state index is 0.813. The van der Waals surface area contributed by atoms with Gasteiger partial charge in [-0.05, 0) is 46.5 Å². The SMILES string of the molecule is c1ccc(-c2cccc(C3=Nc4ccncc4C(c4cccc(-c5ccccc5)c4)=Nc4ccncc43)c2)cc1. The molecule has 4 aromatic carbocycles. The fourth-order valence-corrected chi connectivity index (χ4v) is 5.09. The third kappa shape index (κ3) is 4.52. The summed E-state index contributed by atoms with van der Waals surface area (Å²) in [7, 11) is 0. The van der Waals surface area contributed by atoms with Crippen LogP contribution in [-0.2, 0) is 0 Å². The lowest BCUT2D eigenvalue weighted by Gasteiger charge is -2.18. The molecule has 0 amide bonds. The molecule has 0 saturated carbocycles. The van der Waals surface area contributed by atoms with Gasteiger partial charge in [0.15, 0.2) is 0 Å². The van der Waals surface area contributed by atoms with Crippen molar-refractivity contribution >= 4 is 22.8 Å². The van der Waals surface area contributed by atoms with Crippen LogP contribution in [0, 0.1) is 0 Å². The Kier molecular flexibility index (Phi) is 6.11. The number of hydrogen-bond acceptors (Lipinski definition) is 4. The third-order valence-electron chi connectivity index (χ3n) is 7.06. The van der Waals surface area contributed by atoms with Crippen LogP contribution in [0.15, 0.2) is 156 Å². The molecule has 0 unspecified atom stereocenters. The summed E-state index contributed by atoms with van der Waals surface area (Å²) >= 11 is 0. The maximum Gasteiger partial charge on any atom is 0.0819 e. The van der Waals surface area contributed by atoms with Crippen molar-refractivity contribution < 1.29 is 0 Å². The highest BCUT2D eigenvalue weighted by Gasteiger charge is 2.21. The molecular formula is C36H24N4. The van der Waals surface area contributed by atoms with Crippen LogP contribution in [0.2, 0.25) is 0 Å². The van der Waals surface area contributed by atoms with E-state index in [4.69, 9.17) is 9.98 Å². The molecule has 0 bridgehead atoms. The van der Waals surface area contributed by atoms with Crippen molar-refractivity contribution in [3.63, 3.8) is 0 Å². The molecule has 0 N–H and O–H groups in total. The highest BCUT2D eigenvalue weighted by molar-refractivity contribution is 6.22. The summed E-state index contributed by atoms with van der Waals surface area (Å²) < 4.78 is 0. The summed E-state index contributed by atoms with van der Waals surface area (Å²) in [4.78, 5) is 19.5. The molecule has 0 radical (unpaired) electrons. The molecule has 40 heavy (non-hydrogen) atoms. The van der Waals surface area contributed by atoms with Gasteiger partial charge >= 0.3 is 0 Å². The zero-order chi connectivity index (χ0) is 26.7. The fourth-order valence-electron chi connectivity index (χ4n) is 5.09. The monoisotopic (exact) mass is 512 g/mol. The molecule has 188 valence electrons. The topological polar surface area (TPSA) is 50.5 Å². The number of aliphatic imine (C=N–C) groups is 2. The highest BCUT2D eigenvalue weighted by atomic mass is 14.9. The van der Waals surface area contributed by atoms with Crippen LogP contribution >= 0.6 is 0 Å². The first-order chi connectivity index (χ1) is 19.8. The van der Waals surface area contributed by atoms with Crippen molar-refractivity contribution in [3.05, 3.63) is 168 Å². The molecule has 1 aliphatic rings. The Morgan fingerprint density at radius 3 is 1.20 bits per heavy atom. The Morgan fingerprint density at radius 2 is 0.750 bits per heavy atom. The molecule has 4 heteroatoms. The van der Waals surface area contributed by atoms with Gasteiger partial charge in [-0.15, -0.1) is 0 Å². The standard InChI is InChI=1S/C36H24N4/c1-3-9-25(10-4-1)27-13-7-15-29(21-27)35-31-23-37-19-17-33(31)40-36(32-24-38-20-18-34(32)39-35)30-16-8-14-28(22-30)26-11-5-2-6-12-26/h1-24H. The summed E-state index contributed by atoms with van der Waals surface area (Å²) in [6, 6.07) is 41.6. The lowest BCUT2D eigenvalue weighted by Crippen LogP contribution is -2.11. The number of pyridine rings is 2. The number of fused-ring (bicyclic) bond motifs is 2. The van der Waals surface area contributed by atoms with Crippen LogP contribution in [-0.4, -0.2) is 21.4 Å². The van der Waals surface area contributed by atoms with E-state index >= 15 is 0 Å². The molecule has 7 rings (SSSR count). The van der Waals surface area contributed by atoms with Crippen molar-refractivity contribution in [2.75, 3.05) is 0 Å². The van der Waals surface area contributed by atoms with Gasteiger partial charge < -0.3 is 0 Å². The molecular weight excluding hydrogens is 488 g/mol. The minimum Gasteiger partial charge on any atom is -0.264 e. The number of hydrogen-bond donors (Lipinski definition) is 0. The van der Waals surface area contributed by atoms with Gasteiger partial charge in [0.1, 0.15) is 0 Å². The first-order valence-electron chi connectivity index (χ1n) is 13.2. The summed E-state index contributed by atoms with van der Waals surface area (Å²) in [5.41, 5.74) is 11.6. The summed E-state index contributed by atoms with van der Waals surface area (Å²) in [5, 5.41) is 0. The summed E-state index contributed by atoms with van der Waals surface area (Å²) in [5.74, 6) is 0. The lowest BCUT2D eigenvalue weighted by atomic mass is 9.94. The molecule has 6 aromatic rings. The number of nitrogens with zero attached hydrogens (tertiary/aromatic N) is 4. The highest BCUT2D eigenvalue weighted by Crippen LogP contribution is 2.34. The first-order valence-corrected chi connectivity index (χ1v) is 13.2. The van der Waals surface area contributed by atoms with E-state index in [2.05, 4.69) is 107 Å². The predicted octanol–water partition coefficient (Wildman–Crippen LogP) is 8.46. The van der Waals surface area contributed by atoms with Crippen LogP contribution in [0.3, 0.4) is 0 Å². The van der Waals surface area contributed by atoms with Gasteiger partial charge in [0, 0.05) is 47.0 Å². The van der Waals surface area contributed by atoms with E-state index in [1.54, 1.807) is 12.4 Å². The van der Waals surface area contributed by atoms with Crippen molar-refractivity contribution in [1.29, 1.82) is 0 Å². The van der Waals surface area contributed by atoms with Gasteiger partial charge in [0.25, 0.3) is 0 Å².